The van der Waals surface area contributed by atoms with Gasteiger partial charge in [-0.05, 0) is 18.9 Å². The highest BCUT2D eigenvalue weighted by molar-refractivity contribution is 5.97. The van der Waals surface area contributed by atoms with E-state index in [1.807, 2.05) is 0 Å². The van der Waals surface area contributed by atoms with Crippen LogP contribution in [0.2, 0.25) is 0 Å². The number of furan rings is 1. The van der Waals surface area contributed by atoms with Crippen LogP contribution < -0.4 is 5.32 Å². The van der Waals surface area contributed by atoms with Crippen molar-refractivity contribution in [2.24, 2.45) is 5.92 Å². The molecule has 2 bridgehead atoms. The number of aromatic nitrogens is 1. The Bertz CT molecular complexity index is 785. The van der Waals surface area contributed by atoms with Crippen molar-refractivity contribution in [3.8, 4) is 0 Å². The van der Waals surface area contributed by atoms with Gasteiger partial charge in [-0.2, -0.15) is 0 Å². The Balaban J connectivity index is 1.54. The predicted molar refractivity (Wildman–Crippen MR) is 81.1 cm³/mol. The molecule has 2 saturated heterocycles. The van der Waals surface area contributed by atoms with Crippen LogP contribution in [-0.2, 0) is 4.74 Å². The molecule has 2 fully saturated rings. The summed E-state index contributed by atoms with van der Waals surface area (Å²) in [5.74, 6) is -0.120. The molecule has 3 atom stereocenters. The average molecular weight is 315 g/mol. The topological polar surface area (TPSA) is 84.7 Å². The number of nitrogens with one attached hydrogen (secondary N) is 1. The minimum atomic E-state index is -0.553. The van der Waals surface area contributed by atoms with Gasteiger partial charge in [0.1, 0.15) is 11.3 Å². The van der Waals surface area contributed by atoms with Gasteiger partial charge in [0.2, 0.25) is 5.76 Å². The van der Waals surface area contributed by atoms with Gasteiger partial charge in [-0.1, -0.05) is 0 Å². The van der Waals surface area contributed by atoms with Crippen molar-refractivity contribution < 1.29 is 18.7 Å². The summed E-state index contributed by atoms with van der Waals surface area (Å²) >= 11 is 0. The van der Waals surface area contributed by atoms with Gasteiger partial charge in [0.25, 0.3) is 5.91 Å². The normalized spacial score (nSPS) is 25.7. The van der Waals surface area contributed by atoms with E-state index in [9.17, 15) is 9.59 Å². The van der Waals surface area contributed by atoms with Crippen LogP contribution in [0.15, 0.2) is 22.7 Å². The van der Waals surface area contributed by atoms with Gasteiger partial charge in [0, 0.05) is 42.8 Å². The summed E-state index contributed by atoms with van der Waals surface area (Å²) in [4.78, 5) is 30.4. The Hall–Kier alpha value is -2.41. The molecule has 2 aliphatic rings. The van der Waals surface area contributed by atoms with Gasteiger partial charge < -0.3 is 19.4 Å². The molecule has 2 aliphatic heterocycles. The minimum absolute atomic E-state index is 0.0998. The van der Waals surface area contributed by atoms with Crippen LogP contribution in [0.3, 0.4) is 0 Å². The zero-order valence-electron chi connectivity index (χ0n) is 12.7. The van der Waals surface area contributed by atoms with E-state index >= 15 is 0 Å². The number of esters is 1. The van der Waals surface area contributed by atoms with Gasteiger partial charge in [0.15, 0.2) is 0 Å². The van der Waals surface area contributed by atoms with E-state index in [4.69, 9.17) is 4.42 Å². The number of ether oxygens (including phenoxy) is 1. The third kappa shape index (κ3) is 2.46. The fourth-order valence-electron chi connectivity index (χ4n) is 3.45. The number of rotatable bonds is 3. The van der Waals surface area contributed by atoms with Gasteiger partial charge in [0.05, 0.1) is 7.11 Å². The van der Waals surface area contributed by atoms with E-state index in [1.165, 1.54) is 13.3 Å². The van der Waals surface area contributed by atoms with E-state index in [2.05, 4.69) is 19.9 Å². The summed E-state index contributed by atoms with van der Waals surface area (Å²) in [5, 5.41) is 3.72. The Morgan fingerprint density at radius 1 is 1.39 bits per heavy atom. The van der Waals surface area contributed by atoms with Crippen molar-refractivity contribution >= 4 is 22.8 Å². The number of methoxy groups -OCH3 is 1. The van der Waals surface area contributed by atoms with E-state index in [1.54, 1.807) is 12.1 Å². The number of piperidine rings is 1. The number of hydrogen-bond acceptors (Lipinski definition) is 6. The number of hydrogen-bond donors (Lipinski definition) is 1. The van der Waals surface area contributed by atoms with Crippen molar-refractivity contribution in [3.05, 3.63) is 29.8 Å². The molecule has 4 rings (SSSR count). The van der Waals surface area contributed by atoms with Crippen LogP contribution in [0.5, 0.6) is 0 Å². The second-order valence-corrected chi connectivity index (χ2v) is 6.10. The lowest BCUT2D eigenvalue weighted by Crippen LogP contribution is -2.43. The number of nitrogens with zero attached hydrogens (tertiary/aromatic N) is 2. The van der Waals surface area contributed by atoms with E-state index in [-0.39, 0.29) is 17.7 Å². The maximum absolute atomic E-state index is 12.4. The molecule has 7 heteroatoms. The molecule has 4 heterocycles. The van der Waals surface area contributed by atoms with E-state index < -0.39 is 5.97 Å². The van der Waals surface area contributed by atoms with Crippen LogP contribution >= 0.6 is 0 Å². The van der Waals surface area contributed by atoms with Crippen LogP contribution in [-0.4, -0.2) is 54.5 Å². The fourth-order valence-corrected chi connectivity index (χ4v) is 3.45. The van der Waals surface area contributed by atoms with Crippen molar-refractivity contribution in [2.45, 2.75) is 12.5 Å². The van der Waals surface area contributed by atoms with Crippen LogP contribution in [0.25, 0.3) is 11.0 Å². The largest absolute Gasteiger partial charge is 0.463 e. The highest BCUT2D eigenvalue weighted by Crippen LogP contribution is 2.28. The molecular weight excluding hydrogens is 298 g/mol. The predicted octanol–water partition coefficient (Wildman–Crippen LogP) is 1.05. The fraction of sp³-hybridized carbons (Fsp3) is 0.438. The van der Waals surface area contributed by atoms with Gasteiger partial charge in [-0.15, -0.1) is 0 Å². The molecule has 0 aromatic carbocycles. The second kappa shape index (κ2) is 5.34. The first-order chi connectivity index (χ1) is 11.1. The third-order valence-electron chi connectivity index (χ3n) is 4.67. The highest BCUT2D eigenvalue weighted by Gasteiger charge is 2.38. The smallest absolute Gasteiger partial charge is 0.373 e. The Kier molecular flexibility index (Phi) is 3.30. The summed E-state index contributed by atoms with van der Waals surface area (Å²) in [6, 6.07) is 3.31. The quantitative estimate of drug-likeness (QED) is 0.852. The number of carbonyl (C=O) groups excluding carboxylic acids is 2. The summed E-state index contributed by atoms with van der Waals surface area (Å²) < 4.78 is 10.1. The van der Waals surface area contributed by atoms with Gasteiger partial charge in [-0.3, -0.25) is 9.78 Å². The first-order valence-corrected chi connectivity index (χ1v) is 7.65. The van der Waals surface area contributed by atoms with Crippen LogP contribution in [0.1, 0.15) is 27.5 Å². The highest BCUT2D eigenvalue weighted by atomic mass is 16.5. The molecule has 0 spiro atoms. The Labute approximate surface area is 132 Å². The molecule has 1 N–H and O–H groups in total. The molecule has 0 saturated carbocycles. The maximum Gasteiger partial charge on any atom is 0.373 e. The van der Waals surface area contributed by atoms with Crippen molar-refractivity contribution in [3.63, 3.8) is 0 Å². The first-order valence-electron chi connectivity index (χ1n) is 7.65. The second-order valence-electron chi connectivity index (χ2n) is 6.10. The molecule has 23 heavy (non-hydrogen) atoms. The SMILES string of the molecule is COC(=O)c1cc2cnc(C(=O)NC3CN4CC[C@H]3C4)cc2o1. The standard InChI is InChI=1S/C16H17N3O4/c1-22-16(21)14-4-10-6-17-11(5-13(10)23-14)15(20)18-12-8-19-3-2-9(12)7-19/h4-6,9,12H,2-3,7-8H2,1H3,(H,18,20)/t9-,12?/m0/s1. The van der Waals surface area contributed by atoms with Gasteiger partial charge >= 0.3 is 5.97 Å². The molecule has 0 aliphatic carbocycles. The number of pyridine rings is 1. The molecule has 2 aromatic heterocycles. The minimum Gasteiger partial charge on any atom is -0.463 e. The zero-order valence-corrected chi connectivity index (χ0v) is 12.7. The van der Waals surface area contributed by atoms with Crippen molar-refractivity contribution in [1.82, 2.24) is 15.2 Å². The lowest BCUT2D eigenvalue weighted by molar-refractivity contribution is 0.0567. The zero-order chi connectivity index (χ0) is 16.0. The van der Waals surface area contributed by atoms with E-state index in [0.717, 1.165) is 26.1 Å². The Morgan fingerprint density at radius 3 is 2.96 bits per heavy atom. The van der Waals surface area contributed by atoms with Crippen LogP contribution in [0.4, 0.5) is 0 Å². The first kappa shape index (κ1) is 14.2. The monoisotopic (exact) mass is 315 g/mol. The van der Waals surface area contributed by atoms with Crippen molar-refractivity contribution in [2.75, 3.05) is 26.7 Å². The molecule has 2 aromatic rings. The molecule has 7 nitrogen and oxygen atoms in total. The van der Waals surface area contributed by atoms with Crippen molar-refractivity contribution in [1.29, 1.82) is 0 Å². The Morgan fingerprint density at radius 2 is 2.26 bits per heavy atom. The average Bonchev–Trinajstić information content (AvgIpc) is 3.27. The summed E-state index contributed by atoms with van der Waals surface area (Å²) in [5.41, 5.74) is 0.739. The molecule has 120 valence electrons. The summed E-state index contributed by atoms with van der Waals surface area (Å²) in [7, 11) is 1.29. The molecule has 1 amide bonds. The number of amides is 1. The molecule has 2 unspecified atom stereocenters. The number of fused-ring (bicyclic) bond motifs is 3. The molecular formula is C16H17N3O4. The van der Waals surface area contributed by atoms with Crippen LogP contribution in [0, 0.1) is 5.92 Å². The molecule has 0 radical (unpaired) electrons. The lowest BCUT2D eigenvalue weighted by Gasteiger charge is -2.22. The van der Waals surface area contributed by atoms with Gasteiger partial charge in [-0.25, -0.2) is 4.79 Å². The van der Waals surface area contributed by atoms with E-state index in [0.29, 0.717) is 22.6 Å². The maximum atomic E-state index is 12.4. The third-order valence-corrected chi connectivity index (χ3v) is 4.67. The summed E-state index contributed by atoms with van der Waals surface area (Å²) in [6.07, 6.45) is 2.67. The lowest BCUT2D eigenvalue weighted by atomic mass is 10.00. The number of carbonyl (C=O) groups is 2. The summed E-state index contributed by atoms with van der Waals surface area (Å²) in [6.45, 7) is 3.11.